The Bertz CT molecular complexity index is 781. The van der Waals surface area contributed by atoms with Gasteiger partial charge >= 0.3 is 0 Å². The van der Waals surface area contributed by atoms with Crippen LogP contribution in [0, 0.1) is 5.41 Å². The van der Waals surface area contributed by atoms with Crippen molar-refractivity contribution in [2.45, 2.75) is 39.5 Å². The molecule has 0 aromatic heterocycles. The molecule has 0 aromatic rings. The first kappa shape index (κ1) is 21.6. The van der Waals surface area contributed by atoms with Crippen molar-refractivity contribution in [3.05, 3.63) is 73.3 Å². The number of unbranched alkanes of at least 4 members (excludes halogenated alkanes) is 1. The molecule has 2 heterocycles. The molecule has 0 saturated carbocycles. The van der Waals surface area contributed by atoms with E-state index < -0.39 is 0 Å². The summed E-state index contributed by atoms with van der Waals surface area (Å²) < 4.78 is 0. The molecule has 5 nitrogen and oxygen atoms in total. The lowest BCUT2D eigenvalue weighted by atomic mass is 9.73. The predicted octanol–water partition coefficient (Wildman–Crippen LogP) is 4.71. The van der Waals surface area contributed by atoms with E-state index in [-0.39, 0.29) is 5.41 Å². The molecule has 150 valence electrons. The van der Waals surface area contributed by atoms with Gasteiger partial charge in [0.2, 0.25) is 0 Å². The summed E-state index contributed by atoms with van der Waals surface area (Å²) in [6.45, 7) is 17.0. The molecule has 1 atom stereocenters. The van der Waals surface area contributed by atoms with E-state index in [1.54, 1.807) is 18.1 Å². The maximum Gasteiger partial charge on any atom is 0.174 e. The Balaban J connectivity index is 2.36. The second-order valence-corrected chi connectivity index (χ2v) is 7.03. The third kappa shape index (κ3) is 3.94. The van der Waals surface area contributed by atoms with Gasteiger partial charge in [0.15, 0.2) is 5.84 Å². The highest BCUT2D eigenvalue weighted by molar-refractivity contribution is 6.14. The van der Waals surface area contributed by atoms with Crippen LogP contribution >= 0.6 is 0 Å². The number of allylic oxidation sites excluding steroid dienone is 6. The highest BCUT2D eigenvalue weighted by Crippen LogP contribution is 2.49. The zero-order chi connectivity index (χ0) is 20.7. The zero-order valence-corrected chi connectivity index (χ0v) is 17.5. The van der Waals surface area contributed by atoms with Crippen molar-refractivity contribution in [1.82, 2.24) is 9.91 Å². The topological polar surface area (TPSA) is 57.2 Å². The Hall–Kier alpha value is -2.66. The molecule has 0 aliphatic carbocycles. The summed E-state index contributed by atoms with van der Waals surface area (Å²) >= 11 is 0. The second kappa shape index (κ2) is 9.51. The van der Waals surface area contributed by atoms with E-state index in [1.165, 1.54) is 5.57 Å². The van der Waals surface area contributed by atoms with Gasteiger partial charge in [-0.25, -0.2) is 10.8 Å². The molecule has 1 unspecified atom stereocenters. The van der Waals surface area contributed by atoms with Gasteiger partial charge in [0, 0.05) is 24.4 Å². The molecule has 2 aliphatic rings. The van der Waals surface area contributed by atoms with Gasteiger partial charge in [0.05, 0.1) is 6.54 Å². The van der Waals surface area contributed by atoms with Gasteiger partial charge in [-0.1, -0.05) is 70.7 Å². The van der Waals surface area contributed by atoms with Crippen molar-refractivity contribution in [1.29, 1.82) is 0 Å². The number of hydrazine groups is 1. The van der Waals surface area contributed by atoms with Crippen molar-refractivity contribution in [3.8, 4) is 0 Å². The van der Waals surface area contributed by atoms with Gasteiger partial charge in [0.25, 0.3) is 0 Å². The molecule has 2 rings (SSSR count). The Labute approximate surface area is 169 Å². The summed E-state index contributed by atoms with van der Waals surface area (Å²) in [5, 5.41) is 1.59. The first-order valence-corrected chi connectivity index (χ1v) is 9.88. The molecular weight excluding hydrogens is 346 g/mol. The standard InChI is InChI=1S/C23H33N5/c1-7-11-14-19-16-27(18(5)23(19,10-4)15-12-8-2)17-21-26-22(25-6)20(13-9-3)28(21)24/h7,9,11,13-14,16H,1,3,5,8,10,12,15,17,24H2,2,4,6H3/b14-11-,20-13+,25-22+. The highest BCUT2D eigenvalue weighted by Gasteiger charge is 2.42. The van der Waals surface area contributed by atoms with Crippen LogP contribution in [0.2, 0.25) is 0 Å². The predicted molar refractivity (Wildman–Crippen MR) is 121 cm³/mol. The van der Waals surface area contributed by atoms with Crippen molar-refractivity contribution < 1.29 is 0 Å². The molecule has 0 aromatic carbocycles. The molecule has 0 spiro atoms. The Morgan fingerprint density at radius 3 is 2.61 bits per heavy atom. The molecule has 0 radical (unpaired) electrons. The van der Waals surface area contributed by atoms with Crippen molar-refractivity contribution in [3.63, 3.8) is 0 Å². The van der Waals surface area contributed by atoms with Gasteiger partial charge in [-0.05, 0) is 24.5 Å². The van der Waals surface area contributed by atoms with E-state index in [4.69, 9.17) is 5.84 Å². The van der Waals surface area contributed by atoms with Crippen LogP contribution in [-0.4, -0.2) is 35.2 Å². The summed E-state index contributed by atoms with van der Waals surface area (Å²) in [6, 6.07) is 0. The van der Waals surface area contributed by atoms with E-state index in [0.29, 0.717) is 12.4 Å². The van der Waals surface area contributed by atoms with Gasteiger partial charge < -0.3 is 4.90 Å². The van der Waals surface area contributed by atoms with E-state index in [0.717, 1.165) is 42.9 Å². The first-order valence-electron chi connectivity index (χ1n) is 9.88. The summed E-state index contributed by atoms with van der Waals surface area (Å²) in [5.41, 5.74) is 3.05. The number of nitrogens with zero attached hydrogens (tertiary/aromatic N) is 4. The van der Waals surface area contributed by atoms with Crippen LogP contribution in [0.1, 0.15) is 39.5 Å². The molecule has 2 aliphatic heterocycles. The Morgan fingerprint density at radius 2 is 2.04 bits per heavy atom. The minimum absolute atomic E-state index is 0.0599. The minimum atomic E-state index is -0.0599. The van der Waals surface area contributed by atoms with Crippen LogP contribution in [0.5, 0.6) is 0 Å². The summed E-state index contributed by atoms with van der Waals surface area (Å²) in [6.07, 6.45) is 16.0. The van der Waals surface area contributed by atoms with E-state index in [2.05, 4.69) is 60.7 Å². The van der Waals surface area contributed by atoms with E-state index in [1.807, 2.05) is 18.2 Å². The quantitative estimate of drug-likeness (QED) is 0.466. The van der Waals surface area contributed by atoms with Gasteiger partial charge in [-0.15, -0.1) is 0 Å². The maximum atomic E-state index is 6.30. The largest absolute Gasteiger partial charge is 0.343 e. The van der Waals surface area contributed by atoms with E-state index >= 15 is 0 Å². The maximum absolute atomic E-state index is 6.30. The molecule has 28 heavy (non-hydrogen) atoms. The Morgan fingerprint density at radius 1 is 1.29 bits per heavy atom. The van der Waals surface area contributed by atoms with Crippen molar-refractivity contribution in [2.24, 2.45) is 21.2 Å². The molecule has 5 heteroatoms. The third-order valence-electron chi connectivity index (χ3n) is 5.52. The molecular formula is C23H33N5. The summed E-state index contributed by atoms with van der Waals surface area (Å²) in [4.78, 5) is 11.0. The van der Waals surface area contributed by atoms with Gasteiger partial charge in [-0.3, -0.25) is 10.0 Å². The molecule has 0 bridgehead atoms. The lowest BCUT2D eigenvalue weighted by Gasteiger charge is -2.34. The third-order valence-corrected chi connectivity index (χ3v) is 5.52. The van der Waals surface area contributed by atoms with Gasteiger partial charge in [-0.2, -0.15) is 0 Å². The number of rotatable bonds is 9. The van der Waals surface area contributed by atoms with Crippen LogP contribution in [0.25, 0.3) is 0 Å². The van der Waals surface area contributed by atoms with Crippen LogP contribution in [0.4, 0.5) is 0 Å². The van der Waals surface area contributed by atoms with Crippen LogP contribution in [0.3, 0.4) is 0 Å². The van der Waals surface area contributed by atoms with Crippen LogP contribution < -0.4 is 5.84 Å². The van der Waals surface area contributed by atoms with Crippen LogP contribution in [0.15, 0.2) is 83.3 Å². The average Bonchev–Trinajstić information content (AvgIpc) is 3.14. The van der Waals surface area contributed by atoms with Crippen molar-refractivity contribution in [2.75, 3.05) is 13.6 Å². The number of hydrogen-bond acceptors (Lipinski definition) is 4. The summed E-state index contributed by atoms with van der Waals surface area (Å²) in [5.74, 6) is 7.65. The molecule has 0 saturated heterocycles. The lowest BCUT2D eigenvalue weighted by Crippen LogP contribution is -2.40. The van der Waals surface area contributed by atoms with E-state index in [9.17, 15) is 0 Å². The summed E-state index contributed by atoms with van der Waals surface area (Å²) in [7, 11) is 1.71. The monoisotopic (exact) mass is 379 g/mol. The fourth-order valence-corrected chi connectivity index (χ4v) is 3.85. The average molecular weight is 380 g/mol. The SMILES string of the molecule is C=C/C=C\C1=CN(CC2=NC(=N/C)/C(=C\C=C)N2N)C(=C)C1(CC)CCCC. The van der Waals surface area contributed by atoms with Gasteiger partial charge in [0.1, 0.15) is 11.5 Å². The fraction of sp³-hybridized carbons (Fsp3) is 0.391. The minimum Gasteiger partial charge on any atom is -0.343 e. The lowest BCUT2D eigenvalue weighted by molar-refractivity contribution is 0.332. The van der Waals surface area contributed by atoms with Crippen molar-refractivity contribution >= 4 is 11.7 Å². The zero-order valence-electron chi connectivity index (χ0n) is 17.5. The highest BCUT2D eigenvalue weighted by atomic mass is 15.5. The Kier molecular flexibility index (Phi) is 7.35. The first-order chi connectivity index (χ1) is 13.5. The smallest absolute Gasteiger partial charge is 0.174 e. The fourth-order valence-electron chi connectivity index (χ4n) is 3.85. The molecule has 2 N–H and O–H groups in total. The molecule has 0 fully saturated rings. The van der Waals surface area contributed by atoms with Crippen LogP contribution in [-0.2, 0) is 0 Å². The number of aliphatic imine (C=N–C) groups is 2. The number of nitrogens with two attached hydrogens (primary N) is 1. The number of amidine groups is 2. The number of hydrogen-bond donors (Lipinski definition) is 1. The normalized spacial score (nSPS) is 25.2. The second-order valence-electron chi connectivity index (χ2n) is 7.03. The molecule has 0 amide bonds.